The second-order valence-electron chi connectivity index (χ2n) is 5.51. The van der Waals surface area contributed by atoms with Crippen molar-refractivity contribution in [1.82, 2.24) is 4.72 Å². The van der Waals surface area contributed by atoms with Crippen LogP contribution in [-0.4, -0.2) is 20.8 Å². The normalized spacial score (nSPS) is 15.3. The lowest BCUT2D eigenvalue weighted by atomic mass is 10.1. The van der Waals surface area contributed by atoms with Gasteiger partial charge >= 0.3 is 6.36 Å². The van der Waals surface area contributed by atoms with Crippen LogP contribution in [0.4, 0.5) is 13.2 Å². The molecule has 0 atom stereocenters. The predicted octanol–water partition coefficient (Wildman–Crippen LogP) is 3.03. The highest BCUT2D eigenvalue weighted by Gasteiger charge is 2.31. The quantitative estimate of drug-likeness (QED) is 0.915. The molecular weight excluding hydrogens is 343 g/mol. The lowest BCUT2D eigenvalue weighted by molar-refractivity contribution is -0.274. The van der Waals surface area contributed by atoms with Crippen molar-refractivity contribution in [3.05, 3.63) is 59.7 Å². The van der Waals surface area contributed by atoms with E-state index in [2.05, 4.69) is 9.46 Å². The number of hydrogen-bond donors (Lipinski definition) is 1. The summed E-state index contributed by atoms with van der Waals surface area (Å²) in [5, 5.41) is 0. The summed E-state index contributed by atoms with van der Waals surface area (Å²) in [5.41, 5.74) is 2.19. The standard InChI is InChI=1S/C16H14F3NO3S/c17-16(18,19)23-14-5-7-15(8-6-14)24(21,22)20-13-9-11-3-1-2-4-12(11)10-13/h1-8,13,20H,9-10H2. The SMILES string of the molecule is O=S(=O)(NC1Cc2ccccc2C1)c1ccc(OC(F)(F)F)cc1. The maximum atomic E-state index is 12.4. The Hall–Kier alpha value is -2.06. The van der Waals surface area contributed by atoms with E-state index in [1.54, 1.807) is 0 Å². The molecule has 0 saturated carbocycles. The lowest BCUT2D eigenvalue weighted by Gasteiger charge is -2.13. The summed E-state index contributed by atoms with van der Waals surface area (Å²) in [7, 11) is -3.81. The Morgan fingerprint density at radius 1 is 0.958 bits per heavy atom. The first-order chi connectivity index (χ1) is 11.2. The van der Waals surface area contributed by atoms with E-state index in [1.165, 1.54) is 0 Å². The van der Waals surface area contributed by atoms with Gasteiger partial charge in [-0.15, -0.1) is 13.2 Å². The lowest BCUT2D eigenvalue weighted by Crippen LogP contribution is -2.35. The number of hydrogen-bond acceptors (Lipinski definition) is 3. The third kappa shape index (κ3) is 3.88. The minimum atomic E-state index is -4.81. The van der Waals surface area contributed by atoms with Crippen molar-refractivity contribution in [2.24, 2.45) is 0 Å². The van der Waals surface area contributed by atoms with Crippen molar-refractivity contribution in [3.63, 3.8) is 0 Å². The van der Waals surface area contributed by atoms with E-state index in [0.717, 1.165) is 35.4 Å². The Kier molecular flexibility index (Phi) is 4.27. The monoisotopic (exact) mass is 357 g/mol. The number of nitrogens with one attached hydrogen (secondary N) is 1. The van der Waals surface area contributed by atoms with E-state index in [9.17, 15) is 21.6 Å². The number of rotatable bonds is 4. The highest BCUT2D eigenvalue weighted by Crippen LogP contribution is 2.25. The van der Waals surface area contributed by atoms with Gasteiger partial charge in [0.15, 0.2) is 0 Å². The Morgan fingerprint density at radius 2 is 1.50 bits per heavy atom. The van der Waals surface area contributed by atoms with Crippen molar-refractivity contribution in [3.8, 4) is 5.75 Å². The molecule has 8 heteroatoms. The molecule has 0 saturated heterocycles. The van der Waals surface area contributed by atoms with Gasteiger partial charge in [0.25, 0.3) is 0 Å². The molecule has 0 fully saturated rings. The highest BCUT2D eigenvalue weighted by molar-refractivity contribution is 7.89. The molecule has 0 bridgehead atoms. The topological polar surface area (TPSA) is 55.4 Å². The molecule has 0 aliphatic heterocycles. The van der Waals surface area contributed by atoms with E-state index >= 15 is 0 Å². The molecule has 0 amide bonds. The fourth-order valence-electron chi connectivity index (χ4n) is 2.75. The number of halogens is 3. The molecule has 1 aliphatic rings. The van der Waals surface area contributed by atoms with Crippen molar-refractivity contribution >= 4 is 10.0 Å². The molecule has 1 aliphatic carbocycles. The molecular formula is C16H14F3NO3S. The molecule has 3 rings (SSSR count). The fraction of sp³-hybridized carbons (Fsp3) is 0.250. The number of fused-ring (bicyclic) bond motifs is 1. The van der Waals surface area contributed by atoms with Crippen LogP contribution in [0.3, 0.4) is 0 Å². The van der Waals surface area contributed by atoms with Crippen molar-refractivity contribution in [2.45, 2.75) is 30.1 Å². The Morgan fingerprint density at radius 3 is 2.00 bits per heavy atom. The van der Waals surface area contributed by atoms with Gasteiger partial charge < -0.3 is 4.74 Å². The van der Waals surface area contributed by atoms with E-state index < -0.39 is 22.1 Å². The van der Waals surface area contributed by atoms with Crippen LogP contribution in [0.1, 0.15) is 11.1 Å². The maximum Gasteiger partial charge on any atom is 0.573 e. The summed E-state index contributed by atoms with van der Waals surface area (Å²) >= 11 is 0. The molecule has 128 valence electrons. The summed E-state index contributed by atoms with van der Waals surface area (Å²) in [5.74, 6) is -0.463. The van der Waals surface area contributed by atoms with Gasteiger partial charge in [0, 0.05) is 6.04 Å². The van der Waals surface area contributed by atoms with Gasteiger partial charge in [-0.05, 0) is 48.2 Å². The number of benzene rings is 2. The number of sulfonamides is 1. The zero-order valence-corrected chi connectivity index (χ0v) is 13.2. The Labute approximate surface area is 137 Å². The van der Waals surface area contributed by atoms with Crippen LogP contribution in [0.5, 0.6) is 5.75 Å². The fourth-order valence-corrected chi connectivity index (χ4v) is 3.99. The average Bonchev–Trinajstić information content (AvgIpc) is 2.87. The van der Waals surface area contributed by atoms with E-state index in [-0.39, 0.29) is 10.9 Å². The van der Waals surface area contributed by atoms with Gasteiger partial charge in [-0.3, -0.25) is 0 Å². The maximum absolute atomic E-state index is 12.4. The summed E-state index contributed by atoms with van der Waals surface area (Å²) < 4.78 is 67.4. The zero-order chi connectivity index (χ0) is 17.4. The molecule has 0 radical (unpaired) electrons. The van der Waals surface area contributed by atoms with Crippen LogP contribution in [0.25, 0.3) is 0 Å². The molecule has 4 nitrogen and oxygen atoms in total. The zero-order valence-electron chi connectivity index (χ0n) is 12.4. The second-order valence-corrected chi connectivity index (χ2v) is 7.23. The molecule has 0 unspecified atom stereocenters. The van der Waals surface area contributed by atoms with Crippen LogP contribution >= 0.6 is 0 Å². The average molecular weight is 357 g/mol. The summed E-state index contributed by atoms with van der Waals surface area (Å²) in [4.78, 5) is -0.104. The summed E-state index contributed by atoms with van der Waals surface area (Å²) in [6, 6.07) is 11.6. The van der Waals surface area contributed by atoms with Crippen molar-refractivity contribution in [1.29, 1.82) is 0 Å². The largest absolute Gasteiger partial charge is 0.573 e. The first-order valence-electron chi connectivity index (χ1n) is 7.18. The van der Waals surface area contributed by atoms with Crippen LogP contribution in [0.15, 0.2) is 53.4 Å². The van der Waals surface area contributed by atoms with Crippen LogP contribution in [-0.2, 0) is 22.9 Å². The summed E-state index contributed by atoms with van der Waals surface area (Å²) in [6.07, 6.45) is -3.64. The van der Waals surface area contributed by atoms with Gasteiger partial charge in [0.2, 0.25) is 10.0 Å². The van der Waals surface area contributed by atoms with Gasteiger partial charge in [-0.2, -0.15) is 0 Å². The van der Waals surface area contributed by atoms with Crippen LogP contribution < -0.4 is 9.46 Å². The molecule has 24 heavy (non-hydrogen) atoms. The van der Waals surface area contributed by atoms with E-state index in [0.29, 0.717) is 12.8 Å². The molecule has 1 N–H and O–H groups in total. The van der Waals surface area contributed by atoms with Gasteiger partial charge in [0.05, 0.1) is 4.90 Å². The van der Waals surface area contributed by atoms with E-state index in [4.69, 9.17) is 0 Å². The molecule has 0 heterocycles. The van der Waals surface area contributed by atoms with Crippen molar-refractivity contribution < 1.29 is 26.3 Å². The minimum absolute atomic E-state index is 0.104. The Bertz CT molecular complexity index is 807. The molecule has 2 aromatic carbocycles. The minimum Gasteiger partial charge on any atom is -0.406 e. The third-order valence-corrected chi connectivity index (χ3v) is 5.28. The van der Waals surface area contributed by atoms with Gasteiger partial charge in [0.1, 0.15) is 5.75 Å². The molecule has 2 aromatic rings. The summed E-state index contributed by atoms with van der Waals surface area (Å²) in [6.45, 7) is 0. The molecule has 0 aromatic heterocycles. The van der Waals surface area contributed by atoms with E-state index in [1.807, 2.05) is 24.3 Å². The number of ether oxygens (including phenoxy) is 1. The second kappa shape index (κ2) is 6.10. The molecule has 0 spiro atoms. The van der Waals surface area contributed by atoms with Crippen LogP contribution in [0.2, 0.25) is 0 Å². The first kappa shape index (κ1) is 16.8. The third-order valence-electron chi connectivity index (χ3n) is 3.74. The van der Waals surface area contributed by atoms with Gasteiger partial charge in [-0.25, -0.2) is 13.1 Å². The first-order valence-corrected chi connectivity index (χ1v) is 8.66. The Balaban J connectivity index is 1.70. The van der Waals surface area contributed by atoms with Gasteiger partial charge in [-0.1, -0.05) is 24.3 Å². The number of alkyl halides is 3. The van der Waals surface area contributed by atoms with Crippen LogP contribution in [0, 0.1) is 0 Å². The smallest absolute Gasteiger partial charge is 0.406 e. The van der Waals surface area contributed by atoms with Crippen molar-refractivity contribution in [2.75, 3.05) is 0 Å². The predicted molar refractivity (Wildman–Crippen MR) is 81.1 cm³/mol. The highest BCUT2D eigenvalue weighted by atomic mass is 32.2.